The van der Waals surface area contributed by atoms with E-state index in [1.54, 1.807) is 0 Å². The Morgan fingerprint density at radius 1 is 1.33 bits per heavy atom. The number of carboxylic acid groups (broad SMARTS) is 1. The van der Waals surface area contributed by atoms with Crippen LogP contribution in [0.15, 0.2) is 0 Å². The third kappa shape index (κ3) is 3.78. The summed E-state index contributed by atoms with van der Waals surface area (Å²) in [7, 11) is 0. The largest absolute Gasteiger partial charge is 0.480 e. The Balaban J connectivity index is 1.91. The second-order valence-corrected chi connectivity index (χ2v) is 7.33. The first kappa shape index (κ1) is 16.8. The average molecular weight is 296 g/mol. The molecule has 122 valence electrons. The Kier molecular flexibility index (Phi) is 5.67. The van der Waals surface area contributed by atoms with Crippen LogP contribution in [0.1, 0.15) is 59.3 Å². The Bertz CT molecular complexity index is 351. The van der Waals surface area contributed by atoms with E-state index in [0.29, 0.717) is 6.04 Å². The predicted octanol–water partition coefficient (Wildman–Crippen LogP) is 2.73. The first-order valence-electron chi connectivity index (χ1n) is 8.71. The number of rotatable bonds is 6. The third-order valence-corrected chi connectivity index (χ3v) is 5.64. The van der Waals surface area contributed by atoms with Crippen LogP contribution in [-0.4, -0.2) is 47.2 Å². The van der Waals surface area contributed by atoms with E-state index in [-0.39, 0.29) is 0 Å². The van der Waals surface area contributed by atoms with Crippen LogP contribution in [0.2, 0.25) is 0 Å². The van der Waals surface area contributed by atoms with Crippen LogP contribution in [0.25, 0.3) is 0 Å². The summed E-state index contributed by atoms with van der Waals surface area (Å²) in [5, 5.41) is 13.0. The van der Waals surface area contributed by atoms with E-state index in [9.17, 15) is 9.90 Å². The number of carboxylic acids is 1. The summed E-state index contributed by atoms with van der Waals surface area (Å²) in [4.78, 5) is 14.3. The highest BCUT2D eigenvalue weighted by Crippen LogP contribution is 2.36. The van der Waals surface area contributed by atoms with Crippen LogP contribution in [0.3, 0.4) is 0 Å². The van der Waals surface area contributed by atoms with E-state index in [1.807, 2.05) is 0 Å². The van der Waals surface area contributed by atoms with Gasteiger partial charge in [0.25, 0.3) is 0 Å². The normalized spacial score (nSPS) is 31.9. The number of likely N-dealkylation sites (tertiary alicyclic amines) is 1. The molecule has 0 bridgehead atoms. The molecule has 0 aromatic rings. The SMILES string of the molecule is CCCNC1(C(=O)O)CCC(N2CCC(C(C)C)CC2)C1. The topological polar surface area (TPSA) is 52.6 Å². The lowest BCUT2D eigenvalue weighted by Gasteiger charge is -2.38. The quantitative estimate of drug-likeness (QED) is 0.791. The zero-order valence-corrected chi connectivity index (χ0v) is 13.9. The van der Waals surface area contributed by atoms with Gasteiger partial charge in [-0.05, 0) is 70.0 Å². The molecule has 2 unspecified atom stereocenters. The number of nitrogens with one attached hydrogen (secondary N) is 1. The van der Waals surface area contributed by atoms with Crippen LogP contribution >= 0.6 is 0 Å². The zero-order valence-electron chi connectivity index (χ0n) is 13.9. The smallest absolute Gasteiger partial charge is 0.323 e. The van der Waals surface area contributed by atoms with Gasteiger partial charge >= 0.3 is 5.97 Å². The molecule has 1 saturated heterocycles. The van der Waals surface area contributed by atoms with E-state index >= 15 is 0 Å². The van der Waals surface area contributed by atoms with Gasteiger partial charge in [0.05, 0.1) is 0 Å². The summed E-state index contributed by atoms with van der Waals surface area (Å²) >= 11 is 0. The van der Waals surface area contributed by atoms with E-state index < -0.39 is 11.5 Å². The number of hydrogen-bond acceptors (Lipinski definition) is 3. The number of nitrogens with zero attached hydrogens (tertiary/aromatic N) is 1. The lowest BCUT2D eigenvalue weighted by molar-refractivity contribution is -0.144. The minimum Gasteiger partial charge on any atom is -0.480 e. The van der Waals surface area contributed by atoms with Crippen molar-refractivity contribution in [3.05, 3.63) is 0 Å². The molecule has 2 rings (SSSR count). The molecule has 21 heavy (non-hydrogen) atoms. The van der Waals surface area contributed by atoms with Crippen molar-refractivity contribution in [2.45, 2.75) is 70.9 Å². The van der Waals surface area contributed by atoms with Crippen LogP contribution < -0.4 is 5.32 Å². The van der Waals surface area contributed by atoms with Crippen molar-refractivity contribution in [1.82, 2.24) is 10.2 Å². The fourth-order valence-electron chi connectivity index (χ4n) is 4.08. The molecule has 1 aliphatic heterocycles. The minimum atomic E-state index is -0.671. The van der Waals surface area contributed by atoms with Crippen LogP contribution in [-0.2, 0) is 4.79 Å². The van der Waals surface area contributed by atoms with Gasteiger partial charge in [-0.15, -0.1) is 0 Å². The van der Waals surface area contributed by atoms with E-state index in [2.05, 4.69) is 31.0 Å². The number of piperidine rings is 1. The first-order chi connectivity index (χ1) is 9.98. The Labute approximate surface area is 129 Å². The third-order valence-electron chi connectivity index (χ3n) is 5.64. The van der Waals surface area contributed by atoms with E-state index in [1.165, 1.54) is 12.8 Å². The second kappa shape index (κ2) is 7.10. The van der Waals surface area contributed by atoms with Gasteiger partial charge < -0.3 is 15.3 Å². The highest BCUT2D eigenvalue weighted by Gasteiger charge is 2.46. The van der Waals surface area contributed by atoms with Gasteiger partial charge in [0.2, 0.25) is 0 Å². The maximum absolute atomic E-state index is 11.7. The monoisotopic (exact) mass is 296 g/mol. The molecule has 2 N–H and O–H groups in total. The molecule has 4 nitrogen and oxygen atoms in total. The van der Waals surface area contributed by atoms with Crippen molar-refractivity contribution < 1.29 is 9.90 Å². The lowest BCUT2D eigenvalue weighted by Crippen LogP contribution is -2.52. The maximum atomic E-state index is 11.7. The van der Waals surface area contributed by atoms with Crippen LogP contribution in [0.5, 0.6) is 0 Å². The van der Waals surface area contributed by atoms with Crippen molar-refractivity contribution in [3.63, 3.8) is 0 Å². The molecule has 1 aliphatic carbocycles. The molecule has 2 atom stereocenters. The van der Waals surface area contributed by atoms with Crippen molar-refractivity contribution in [3.8, 4) is 0 Å². The highest BCUT2D eigenvalue weighted by molar-refractivity contribution is 5.79. The Morgan fingerprint density at radius 2 is 2.00 bits per heavy atom. The summed E-state index contributed by atoms with van der Waals surface area (Å²) in [5.74, 6) is 0.973. The van der Waals surface area contributed by atoms with Gasteiger partial charge in [-0.2, -0.15) is 0 Å². The van der Waals surface area contributed by atoms with Gasteiger partial charge in [-0.1, -0.05) is 20.8 Å². The Morgan fingerprint density at radius 3 is 2.52 bits per heavy atom. The Hall–Kier alpha value is -0.610. The van der Waals surface area contributed by atoms with Crippen molar-refractivity contribution in [2.24, 2.45) is 11.8 Å². The molecule has 0 aromatic carbocycles. The lowest BCUT2D eigenvalue weighted by atomic mass is 9.86. The maximum Gasteiger partial charge on any atom is 0.323 e. The number of hydrogen-bond donors (Lipinski definition) is 2. The fourth-order valence-corrected chi connectivity index (χ4v) is 4.08. The summed E-state index contributed by atoms with van der Waals surface area (Å²) in [6.07, 6.45) is 6.11. The highest BCUT2D eigenvalue weighted by atomic mass is 16.4. The minimum absolute atomic E-state index is 0.457. The van der Waals surface area contributed by atoms with Gasteiger partial charge in [0.15, 0.2) is 0 Å². The van der Waals surface area contributed by atoms with Crippen LogP contribution in [0, 0.1) is 11.8 Å². The molecule has 4 heteroatoms. The second-order valence-electron chi connectivity index (χ2n) is 7.33. The van der Waals surface area contributed by atoms with Crippen molar-refractivity contribution in [2.75, 3.05) is 19.6 Å². The number of carbonyl (C=O) groups is 1. The summed E-state index contributed by atoms with van der Waals surface area (Å²) in [5.41, 5.74) is -0.671. The standard InChI is InChI=1S/C17H32N2O2/c1-4-9-18-17(16(20)21)8-5-15(12-17)19-10-6-14(7-11-19)13(2)3/h13-15,18H,4-12H2,1-3H3,(H,20,21). The fraction of sp³-hybridized carbons (Fsp3) is 0.941. The molecule has 0 amide bonds. The van der Waals surface area contributed by atoms with Gasteiger partial charge in [0, 0.05) is 6.04 Å². The molecule has 2 aliphatic rings. The van der Waals surface area contributed by atoms with E-state index in [0.717, 1.165) is 57.2 Å². The number of aliphatic carboxylic acids is 1. The van der Waals surface area contributed by atoms with Crippen molar-refractivity contribution >= 4 is 5.97 Å². The summed E-state index contributed by atoms with van der Waals surface area (Å²) in [6, 6.07) is 0.457. The van der Waals surface area contributed by atoms with Gasteiger partial charge in [0.1, 0.15) is 5.54 Å². The molecule has 1 heterocycles. The molecule has 0 radical (unpaired) electrons. The van der Waals surface area contributed by atoms with E-state index in [4.69, 9.17) is 0 Å². The molecule has 2 fully saturated rings. The molecule has 0 spiro atoms. The summed E-state index contributed by atoms with van der Waals surface area (Å²) < 4.78 is 0. The van der Waals surface area contributed by atoms with Crippen molar-refractivity contribution in [1.29, 1.82) is 0 Å². The predicted molar refractivity (Wildman–Crippen MR) is 85.4 cm³/mol. The zero-order chi connectivity index (χ0) is 15.5. The molecular weight excluding hydrogens is 264 g/mol. The van der Waals surface area contributed by atoms with Gasteiger partial charge in [-0.25, -0.2) is 0 Å². The average Bonchev–Trinajstić information content (AvgIpc) is 2.91. The first-order valence-corrected chi connectivity index (χ1v) is 8.71. The molecular formula is C17H32N2O2. The molecule has 0 aromatic heterocycles. The molecule has 1 saturated carbocycles. The summed E-state index contributed by atoms with van der Waals surface area (Å²) in [6.45, 7) is 9.83. The van der Waals surface area contributed by atoms with Gasteiger partial charge in [-0.3, -0.25) is 4.79 Å². The van der Waals surface area contributed by atoms with Crippen LogP contribution in [0.4, 0.5) is 0 Å².